The lowest BCUT2D eigenvalue weighted by molar-refractivity contribution is 1.46. The van der Waals surface area contributed by atoms with Crippen LogP contribution in [0.25, 0.3) is 31.9 Å². The van der Waals surface area contributed by atoms with Crippen molar-refractivity contribution in [3.8, 4) is 0 Å². The van der Waals surface area contributed by atoms with Crippen molar-refractivity contribution in [1.82, 2.24) is 4.98 Å². The molecule has 94 valence electrons. The van der Waals surface area contributed by atoms with Crippen LogP contribution in [0.4, 0.5) is 0 Å². The molecule has 1 N–H and O–H groups in total. The summed E-state index contributed by atoms with van der Waals surface area (Å²) in [5.41, 5.74) is 5.32. The molecule has 0 spiro atoms. The number of thiophene rings is 1. The lowest BCUT2D eigenvalue weighted by Crippen LogP contribution is -1.78. The Bertz CT molecular complexity index is 940. The molecule has 2 aromatic carbocycles. The number of benzene rings is 2. The Morgan fingerprint density at radius 3 is 2.63 bits per heavy atom. The molecule has 0 fully saturated rings. The molecule has 2 aromatic heterocycles. The molecule has 0 unspecified atom stereocenters. The second-order valence-electron chi connectivity index (χ2n) is 5.27. The van der Waals surface area contributed by atoms with Gasteiger partial charge in [0.1, 0.15) is 0 Å². The van der Waals surface area contributed by atoms with Crippen LogP contribution in [-0.4, -0.2) is 4.98 Å². The predicted octanol–water partition coefficient (Wildman–Crippen LogP) is 5.46. The Hall–Kier alpha value is -1.80. The molecule has 0 bridgehead atoms. The van der Waals surface area contributed by atoms with Crippen LogP contribution in [0.3, 0.4) is 0 Å². The van der Waals surface area contributed by atoms with Gasteiger partial charge < -0.3 is 4.98 Å². The lowest BCUT2D eigenvalue weighted by atomic mass is 10.0. The maximum atomic E-state index is 3.61. The standard InChI is InChI=1S/C17H15NS/c1-9-8-13-10(2)11(3)19-17(13)16-15(9)12-6-4-5-7-14(12)18-16/h4-8,18H,1-3H3. The SMILES string of the molecule is Cc1sc2c(cc(C)c3c4ccccc4[nH]c23)c1C. The van der Waals surface area contributed by atoms with Crippen LogP contribution in [0.2, 0.25) is 0 Å². The zero-order valence-electron chi connectivity index (χ0n) is 11.3. The Morgan fingerprint density at radius 2 is 1.79 bits per heavy atom. The topological polar surface area (TPSA) is 15.8 Å². The van der Waals surface area contributed by atoms with Crippen molar-refractivity contribution in [2.45, 2.75) is 20.8 Å². The maximum Gasteiger partial charge on any atom is 0.0648 e. The van der Waals surface area contributed by atoms with E-state index in [1.165, 1.54) is 47.9 Å². The van der Waals surface area contributed by atoms with E-state index < -0.39 is 0 Å². The van der Waals surface area contributed by atoms with E-state index in [0.717, 1.165) is 0 Å². The van der Waals surface area contributed by atoms with E-state index in [4.69, 9.17) is 0 Å². The lowest BCUT2D eigenvalue weighted by Gasteiger charge is -2.00. The molecular weight excluding hydrogens is 250 g/mol. The summed E-state index contributed by atoms with van der Waals surface area (Å²) in [6.45, 7) is 6.65. The summed E-state index contributed by atoms with van der Waals surface area (Å²) >= 11 is 1.90. The van der Waals surface area contributed by atoms with Crippen molar-refractivity contribution in [2.75, 3.05) is 0 Å². The average molecular weight is 265 g/mol. The van der Waals surface area contributed by atoms with Crippen molar-refractivity contribution in [3.63, 3.8) is 0 Å². The van der Waals surface area contributed by atoms with Gasteiger partial charge >= 0.3 is 0 Å². The second-order valence-corrected chi connectivity index (χ2v) is 6.50. The summed E-state index contributed by atoms with van der Waals surface area (Å²) < 4.78 is 1.40. The van der Waals surface area contributed by atoms with Gasteiger partial charge in [-0.05, 0) is 49.4 Å². The van der Waals surface area contributed by atoms with Crippen molar-refractivity contribution in [3.05, 3.63) is 46.3 Å². The first-order valence-electron chi connectivity index (χ1n) is 6.56. The fourth-order valence-electron chi connectivity index (χ4n) is 3.01. The molecule has 0 atom stereocenters. The molecule has 0 saturated heterocycles. The Morgan fingerprint density at radius 1 is 1.00 bits per heavy atom. The van der Waals surface area contributed by atoms with Crippen molar-refractivity contribution >= 4 is 43.2 Å². The Labute approximate surface area is 115 Å². The minimum Gasteiger partial charge on any atom is -0.353 e. The molecule has 0 radical (unpaired) electrons. The molecule has 0 aliphatic heterocycles. The smallest absolute Gasteiger partial charge is 0.0648 e. The molecule has 4 rings (SSSR count). The fraction of sp³-hybridized carbons (Fsp3) is 0.176. The molecular formula is C17H15NS. The first-order valence-corrected chi connectivity index (χ1v) is 7.38. The zero-order chi connectivity index (χ0) is 13.1. The van der Waals surface area contributed by atoms with Gasteiger partial charge in [-0.25, -0.2) is 0 Å². The normalized spacial score (nSPS) is 11.9. The number of aryl methyl sites for hydroxylation is 3. The summed E-state index contributed by atoms with van der Waals surface area (Å²) in [4.78, 5) is 5.03. The fourth-order valence-corrected chi connectivity index (χ4v) is 4.16. The highest BCUT2D eigenvalue weighted by Gasteiger charge is 2.14. The number of hydrogen-bond donors (Lipinski definition) is 1. The number of hydrogen-bond acceptors (Lipinski definition) is 1. The molecule has 0 aliphatic carbocycles. The van der Waals surface area contributed by atoms with E-state index >= 15 is 0 Å². The van der Waals surface area contributed by atoms with Gasteiger partial charge in [0.25, 0.3) is 0 Å². The van der Waals surface area contributed by atoms with Gasteiger partial charge in [-0.15, -0.1) is 11.3 Å². The first kappa shape index (κ1) is 11.1. The highest BCUT2D eigenvalue weighted by molar-refractivity contribution is 7.20. The van der Waals surface area contributed by atoms with Crippen LogP contribution < -0.4 is 0 Å². The van der Waals surface area contributed by atoms with E-state index in [0.29, 0.717) is 0 Å². The van der Waals surface area contributed by atoms with Crippen molar-refractivity contribution in [1.29, 1.82) is 0 Å². The van der Waals surface area contributed by atoms with Gasteiger partial charge in [0.15, 0.2) is 0 Å². The minimum absolute atomic E-state index is 1.23. The van der Waals surface area contributed by atoms with Crippen LogP contribution in [0.5, 0.6) is 0 Å². The number of aromatic amines is 1. The van der Waals surface area contributed by atoms with Gasteiger partial charge in [0, 0.05) is 21.2 Å². The van der Waals surface area contributed by atoms with Crippen LogP contribution in [0, 0.1) is 20.8 Å². The van der Waals surface area contributed by atoms with Crippen LogP contribution in [-0.2, 0) is 0 Å². The van der Waals surface area contributed by atoms with Crippen LogP contribution in [0.1, 0.15) is 16.0 Å². The van der Waals surface area contributed by atoms with Gasteiger partial charge in [0.2, 0.25) is 0 Å². The van der Waals surface area contributed by atoms with Gasteiger partial charge in [-0.1, -0.05) is 18.2 Å². The highest BCUT2D eigenvalue weighted by Crippen LogP contribution is 2.39. The zero-order valence-corrected chi connectivity index (χ0v) is 12.1. The second kappa shape index (κ2) is 3.61. The quantitative estimate of drug-likeness (QED) is 0.434. The number of para-hydroxylation sites is 1. The van der Waals surface area contributed by atoms with Gasteiger partial charge in [-0.2, -0.15) is 0 Å². The van der Waals surface area contributed by atoms with Crippen molar-refractivity contribution < 1.29 is 0 Å². The largest absolute Gasteiger partial charge is 0.353 e. The van der Waals surface area contributed by atoms with Crippen molar-refractivity contribution in [2.24, 2.45) is 0 Å². The molecule has 0 amide bonds. The molecule has 2 heteroatoms. The third kappa shape index (κ3) is 1.35. The molecule has 2 heterocycles. The van der Waals surface area contributed by atoms with E-state index in [1.54, 1.807) is 0 Å². The number of nitrogens with one attached hydrogen (secondary N) is 1. The van der Waals surface area contributed by atoms with E-state index in [-0.39, 0.29) is 0 Å². The first-order chi connectivity index (χ1) is 9.16. The van der Waals surface area contributed by atoms with Crippen LogP contribution in [0.15, 0.2) is 30.3 Å². The number of H-pyrrole nitrogens is 1. The summed E-state index contributed by atoms with van der Waals surface area (Å²) in [7, 11) is 0. The third-order valence-corrected chi connectivity index (χ3v) is 5.36. The van der Waals surface area contributed by atoms with E-state index in [9.17, 15) is 0 Å². The molecule has 4 aromatic rings. The monoisotopic (exact) mass is 265 g/mol. The molecule has 0 aliphatic rings. The predicted molar refractivity (Wildman–Crippen MR) is 85.4 cm³/mol. The van der Waals surface area contributed by atoms with E-state index in [1.807, 2.05) is 11.3 Å². The molecule has 0 saturated carbocycles. The summed E-state index contributed by atoms with van der Waals surface area (Å²) in [5.74, 6) is 0. The number of aromatic nitrogens is 1. The van der Waals surface area contributed by atoms with E-state index in [2.05, 4.69) is 56.1 Å². The summed E-state index contributed by atoms with van der Waals surface area (Å²) in [5, 5.41) is 4.11. The number of rotatable bonds is 0. The average Bonchev–Trinajstić information content (AvgIpc) is 2.91. The highest BCUT2D eigenvalue weighted by atomic mass is 32.1. The Balaban J connectivity index is 2.36. The van der Waals surface area contributed by atoms with Gasteiger partial charge in [-0.3, -0.25) is 0 Å². The molecule has 19 heavy (non-hydrogen) atoms. The summed E-state index contributed by atoms with van der Waals surface area (Å²) in [6.07, 6.45) is 0. The minimum atomic E-state index is 1.23. The Kier molecular flexibility index (Phi) is 2.10. The van der Waals surface area contributed by atoms with Gasteiger partial charge in [0.05, 0.1) is 10.2 Å². The summed E-state index contributed by atoms with van der Waals surface area (Å²) in [6, 6.07) is 10.9. The maximum absolute atomic E-state index is 3.61. The molecule has 1 nitrogen and oxygen atoms in total. The van der Waals surface area contributed by atoms with Crippen LogP contribution >= 0.6 is 11.3 Å². The number of fused-ring (bicyclic) bond motifs is 5. The third-order valence-electron chi connectivity index (χ3n) is 4.12.